The van der Waals surface area contributed by atoms with Gasteiger partial charge in [-0.1, -0.05) is 127 Å². The fourth-order valence-corrected chi connectivity index (χ4v) is 8.36. The summed E-state index contributed by atoms with van der Waals surface area (Å²) in [7, 11) is 0. The van der Waals surface area contributed by atoms with Crippen LogP contribution in [0.25, 0.3) is 88.4 Å². The van der Waals surface area contributed by atoms with Crippen LogP contribution in [0.4, 0.5) is 0 Å². The van der Waals surface area contributed by atoms with Crippen molar-refractivity contribution < 1.29 is 0 Å². The second-order valence-corrected chi connectivity index (χ2v) is 13.7. The van der Waals surface area contributed by atoms with Gasteiger partial charge in [-0.25, -0.2) is 0 Å². The second-order valence-electron chi connectivity index (χ2n) is 13.7. The van der Waals surface area contributed by atoms with Gasteiger partial charge in [0.1, 0.15) is 0 Å². The molecule has 8 aromatic carbocycles. The molecule has 0 spiro atoms. The number of fused-ring (bicyclic) bond motifs is 6. The zero-order valence-electron chi connectivity index (χ0n) is 29.2. The summed E-state index contributed by atoms with van der Waals surface area (Å²) in [4.78, 5) is 0. The van der Waals surface area contributed by atoms with E-state index < -0.39 is 0 Å². The lowest BCUT2D eigenvalue weighted by Gasteiger charge is -2.17. The van der Waals surface area contributed by atoms with Crippen LogP contribution in [-0.2, 0) is 0 Å². The van der Waals surface area contributed by atoms with Gasteiger partial charge < -0.3 is 9.13 Å². The Kier molecular flexibility index (Phi) is 7.09. The van der Waals surface area contributed by atoms with Crippen LogP contribution in [0.1, 0.15) is 11.1 Å². The van der Waals surface area contributed by atoms with Crippen molar-refractivity contribution in [2.24, 2.45) is 0 Å². The topological polar surface area (TPSA) is 33.6 Å². The molecular weight excluding hydrogens is 643 g/mol. The maximum Gasteiger partial charge on any atom is 0.0991 e. The van der Waals surface area contributed by atoms with E-state index in [2.05, 4.69) is 180 Å². The van der Waals surface area contributed by atoms with Crippen LogP contribution in [0.15, 0.2) is 182 Å². The van der Waals surface area contributed by atoms with E-state index in [1.54, 1.807) is 0 Å². The van der Waals surface area contributed by atoms with Crippen LogP contribution in [0.3, 0.4) is 0 Å². The van der Waals surface area contributed by atoms with E-state index in [9.17, 15) is 5.26 Å². The van der Waals surface area contributed by atoms with Gasteiger partial charge >= 0.3 is 0 Å². The average molecular weight is 676 g/mol. The molecule has 0 unspecified atom stereocenters. The molecule has 248 valence electrons. The van der Waals surface area contributed by atoms with Crippen LogP contribution in [0, 0.1) is 18.3 Å². The van der Waals surface area contributed by atoms with Crippen molar-refractivity contribution in [3.05, 3.63) is 193 Å². The van der Waals surface area contributed by atoms with Crippen molar-refractivity contribution in [2.45, 2.75) is 6.92 Å². The molecule has 0 atom stereocenters. The van der Waals surface area contributed by atoms with E-state index in [1.807, 2.05) is 24.3 Å². The van der Waals surface area contributed by atoms with E-state index >= 15 is 0 Å². The molecule has 0 saturated carbocycles. The lowest BCUT2D eigenvalue weighted by Crippen LogP contribution is -1.96. The van der Waals surface area contributed by atoms with Crippen LogP contribution >= 0.6 is 0 Å². The lowest BCUT2D eigenvalue weighted by molar-refractivity contribution is 1.18. The Morgan fingerprint density at radius 1 is 0.396 bits per heavy atom. The van der Waals surface area contributed by atoms with Crippen LogP contribution in [0.2, 0.25) is 0 Å². The molecule has 0 bridgehead atoms. The van der Waals surface area contributed by atoms with Gasteiger partial charge in [0.05, 0.1) is 33.7 Å². The van der Waals surface area contributed by atoms with Crippen molar-refractivity contribution in [3.8, 4) is 50.8 Å². The first-order valence-corrected chi connectivity index (χ1v) is 18.0. The molecule has 0 aliphatic heterocycles. The van der Waals surface area contributed by atoms with Crippen molar-refractivity contribution in [2.75, 3.05) is 0 Å². The molecule has 10 aromatic rings. The van der Waals surface area contributed by atoms with Gasteiger partial charge in [-0.15, -0.1) is 0 Å². The van der Waals surface area contributed by atoms with Gasteiger partial charge in [0, 0.05) is 38.5 Å². The summed E-state index contributed by atoms with van der Waals surface area (Å²) < 4.78 is 4.75. The summed E-state index contributed by atoms with van der Waals surface area (Å²) in [5.41, 5.74) is 15.8. The SMILES string of the molecule is Cc1ccc2c(c1)c1c(-c3ccccc3-c3ccccc3-c3cccc4c5ccccc5n(-c5ccccc5)c34)cccc1n2-c1ccc(C#N)cc1. The number of benzene rings is 8. The second kappa shape index (κ2) is 12.3. The zero-order valence-corrected chi connectivity index (χ0v) is 29.2. The molecule has 0 fully saturated rings. The Balaban J connectivity index is 1.24. The van der Waals surface area contributed by atoms with E-state index in [4.69, 9.17) is 0 Å². The fraction of sp³-hybridized carbons (Fsp3) is 0.0200. The molecule has 3 heteroatoms. The van der Waals surface area contributed by atoms with E-state index in [1.165, 1.54) is 71.5 Å². The predicted octanol–water partition coefficient (Wildman–Crippen LogP) is 13.1. The minimum atomic E-state index is 0.651. The number of nitriles is 1. The highest BCUT2D eigenvalue weighted by atomic mass is 15.0. The smallest absolute Gasteiger partial charge is 0.0991 e. The van der Waals surface area contributed by atoms with Crippen molar-refractivity contribution >= 4 is 43.6 Å². The van der Waals surface area contributed by atoms with E-state index in [-0.39, 0.29) is 0 Å². The van der Waals surface area contributed by atoms with Gasteiger partial charge in [0.2, 0.25) is 0 Å². The summed E-state index contributed by atoms with van der Waals surface area (Å²) in [5, 5.41) is 14.4. The van der Waals surface area contributed by atoms with Crippen LogP contribution in [0.5, 0.6) is 0 Å². The standard InChI is InChI=1S/C50H33N3/c1-33-25-30-47-45(31-33)49-42(20-12-24-48(49)52(47)36-28-26-34(32-51)27-29-36)39-17-7-5-15-37(39)38-16-6-8-18-40(38)43-21-11-22-44-41-19-9-10-23-46(41)53(50(43)44)35-13-3-2-4-14-35/h2-31H,1H3. The van der Waals surface area contributed by atoms with Gasteiger partial charge in [-0.3, -0.25) is 0 Å². The van der Waals surface area contributed by atoms with Gasteiger partial charge in [-0.2, -0.15) is 5.26 Å². The molecule has 0 aliphatic carbocycles. The third kappa shape index (κ3) is 4.81. The first-order chi connectivity index (χ1) is 26.2. The third-order valence-corrected chi connectivity index (χ3v) is 10.6. The first kappa shape index (κ1) is 30.7. The quantitative estimate of drug-likeness (QED) is 0.179. The molecular formula is C50H33N3. The Morgan fingerprint density at radius 3 is 1.66 bits per heavy atom. The van der Waals surface area contributed by atoms with Crippen molar-refractivity contribution in [1.82, 2.24) is 9.13 Å². The number of aromatic nitrogens is 2. The number of nitrogens with zero attached hydrogens (tertiary/aromatic N) is 3. The van der Waals surface area contributed by atoms with Crippen molar-refractivity contribution in [1.29, 1.82) is 5.26 Å². The number of rotatable bonds is 5. The lowest BCUT2D eigenvalue weighted by atomic mass is 9.87. The summed E-state index contributed by atoms with van der Waals surface area (Å²) in [6, 6.07) is 67.4. The Bertz CT molecular complexity index is 3060. The molecule has 0 radical (unpaired) electrons. The summed E-state index contributed by atoms with van der Waals surface area (Å²) in [6.45, 7) is 2.16. The molecule has 10 rings (SSSR count). The number of aryl methyl sites for hydroxylation is 1. The molecule has 2 heterocycles. The molecule has 3 nitrogen and oxygen atoms in total. The van der Waals surface area contributed by atoms with Crippen LogP contribution < -0.4 is 0 Å². The highest BCUT2D eigenvalue weighted by Crippen LogP contribution is 2.46. The van der Waals surface area contributed by atoms with Gasteiger partial charge in [-0.05, 0) is 95.4 Å². The molecule has 0 saturated heterocycles. The molecule has 53 heavy (non-hydrogen) atoms. The first-order valence-electron chi connectivity index (χ1n) is 18.0. The molecule has 0 amide bonds. The van der Waals surface area contributed by atoms with Gasteiger partial charge in [0.25, 0.3) is 0 Å². The Labute approximate surface area is 307 Å². The van der Waals surface area contributed by atoms with E-state index in [0.29, 0.717) is 5.56 Å². The highest BCUT2D eigenvalue weighted by molar-refractivity contribution is 6.18. The normalized spacial score (nSPS) is 11.5. The highest BCUT2D eigenvalue weighted by Gasteiger charge is 2.22. The minimum absolute atomic E-state index is 0.651. The molecule has 2 aromatic heterocycles. The monoisotopic (exact) mass is 675 g/mol. The zero-order chi connectivity index (χ0) is 35.5. The maximum atomic E-state index is 9.50. The largest absolute Gasteiger partial charge is 0.309 e. The molecule has 0 N–H and O–H groups in total. The minimum Gasteiger partial charge on any atom is -0.309 e. The van der Waals surface area contributed by atoms with Crippen LogP contribution in [-0.4, -0.2) is 9.13 Å². The fourth-order valence-electron chi connectivity index (χ4n) is 8.36. The average Bonchev–Trinajstić information content (AvgIpc) is 3.74. The number of para-hydroxylation sites is 3. The maximum absolute atomic E-state index is 9.50. The Morgan fingerprint density at radius 2 is 0.925 bits per heavy atom. The predicted molar refractivity (Wildman–Crippen MR) is 221 cm³/mol. The summed E-state index contributed by atoms with van der Waals surface area (Å²) in [6.07, 6.45) is 0. The molecule has 0 aliphatic rings. The Hall–Kier alpha value is -7.15. The number of hydrogen-bond donors (Lipinski definition) is 0. The van der Waals surface area contributed by atoms with E-state index in [0.717, 1.165) is 22.4 Å². The third-order valence-electron chi connectivity index (χ3n) is 10.6. The van der Waals surface area contributed by atoms with Crippen molar-refractivity contribution in [3.63, 3.8) is 0 Å². The number of hydrogen-bond acceptors (Lipinski definition) is 1. The summed E-state index contributed by atoms with van der Waals surface area (Å²) >= 11 is 0. The van der Waals surface area contributed by atoms with Gasteiger partial charge in [0.15, 0.2) is 0 Å². The summed E-state index contributed by atoms with van der Waals surface area (Å²) in [5.74, 6) is 0.